The second-order valence-corrected chi connectivity index (χ2v) is 29.2. The molecule has 2 N–H and O–H groups in total. The van der Waals surface area contributed by atoms with Crippen LogP contribution in [0.15, 0.2) is 48.5 Å². The molecule has 1 aromatic heterocycles. The normalized spacial score (nSPS) is 19.1. The molecule has 1 heterocycles. The fourth-order valence-electron chi connectivity index (χ4n) is 16.2. The summed E-state index contributed by atoms with van der Waals surface area (Å²) in [5.74, 6) is 3.97. The van der Waals surface area contributed by atoms with Crippen molar-refractivity contribution in [2.45, 2.75) is 297 Å². The van der Waals surface area contributed by atoms with Crippen LogP contribution in [0.2, 0.25) is 0 Å². The lowest BCUT2D eigenvalue weighted by Crippen LogP contribution is -2.35. The monoisotopic (exact) mass is 1160 g/mol. The number of anilines is 1. The van der Waals surface area contributed by atoms with Gasteiger partial charge >= 0.3 is 12.0 Å². The van der Waals surface area contributed by atoms with Gasteiger partial charge in [0.25, 0.3) is 0 Å². The molecule has 464 valence electrons. The molecular weight excluding hydrogens is 1040 g/mol. The lowest BCUT2D eigenvalue weighted by molar-refractivity contribution is 0.302. The highest BCUT2D eigenvalue weighted by Gasteiger charge is 2.38. The Kier molecular flexibility index (Phi) is 21.5. The van der Waals surface area contributed by atoms with Gasteiger partial charge in [0, 0.05) is 48.2 Å². The molecule has 85 heavy (non-hydrogen) atoms. The molecule has 4 aromatic carbocycles. The zero-order chi connectivity index (χ0) is 60.5. The summed E-state index contributed by atoms with van der Waals surface area (Å²) in [5, 5.41) is 25.1. The summed E-state index contributed by atoms with van der Waals surface area (Å²) in [6.45, 7) is 29.4. The van der Waals surface area contributed by atoms with Gasteiger partial charge < -0.3 is 24.6 Å². The summed E-state index contributed by atoms with van der Waals surface area (Å²) < 4.78 is 15.2. The first-order chi connectivity index (χ1) is 40.8. The third-order valence-corrected chi connectivity index (χ3v) is 21.8. The molecule has 4 aliphatic carbocycles. The molecule has 0 bridgehead atoms. The fraction of sp³-hybridized carbons (Fsp3) is 0.649. The Morgan fingerprint density at radius 1 is 0.424 bits per heavy atom. The van der Waals surface area contributed by atoms with Crippen LogP contribution < -0.4 is 14.4 Å². The zero-order valence-corrected chi connectivity index (χ0v) is 55.4. The van der Waals surface area contributed by atoms with Crippen LogP contribution in [0.1, 0.15) is 302 Å². The Labute approximate surface area is 515 Å². The van der Waals surface area contributed by atoms with Gasteiger partial charge in [0.15, 0.2) is 0 Å². The third-order valence-electron chi connectivity index (χ3n) is 21.8. The second kappa shape index (κ2) is 28.4. The van der Waals surface area contributed by atoms with Crippen molar-refractivity contribution in [2.24, 2.45) is 11.8 Å². The van der Waals surface area contributed by atoms with E-state index in [0.29, 0.717) is 42.1 Å². The average molecular weight is 1160 g/mol. The maximum atomic E-state index is 12.5. The Morgan fingerprint density at radius 3 is 1.05 bits per heavy atom. The summed E-state index contributed by atoms with van der Waals surface area (Å²) in [4.78, 5) is 18.9. The minimum atomic E-state index is -0.136. The number of phenolic OH excluding ortho intramolecular Hbond substituents is 2. The maximum Gasteiger partial charge on any atom is 0.330 e. The first kappa shape index (κ1) is 64.4. The number of phenols is 2. The molecule has 0 saturated heterocycles. The van der Waals surface area contributed by atoms with Crippen LogP contribution in [0.4, 0.5) is 5.95 Å². The molecular formula is C77H112N4O4. The van der Waals surface area contributed by atoms with Gasteiger partial charge in [0.05, 0.1) is 0 Å². The highest BCUT2D eigenvalue weighted by molar-refractivity contribution is 5.57. The second-order valence-electron chi connectivity index (χ2n) is 29.2. The summed E-state index contributed by atoms with van der Waals surface area (Å²) >= 11 is 0. The molecule has 2 unspecified atom stereocenters. The van der Waals surface area contributed by atoms with Crippen molar-refractivity contribution >= 4 is 5.95 Å². The van der Waals surface area contributed by atoms with Crippen LogP contribution in [0.3, 0.4) is 0 Å². The summed E-state index contributed by atoms with van der Waals surface area (Å²) in [6, 6.07) is 18.7. The van der Waals surface area contributed by atoms with E-state index < -0.39 is 0 Å². The van der Waals surface area contributed by atoms with Crippen molar-refractivity contribution in [3.05, 3.63) is 115 Å². The highest BCUT2D eigenvalue weighted by atomic mass is 16.5. The molecule has 4 saturated carbocycles. The summed E-state index contributed by atoms with van der Waals surface area (Å²) in [7, 11) is 0. The molecule has 5 aromatic rings. The van der Waals surface area contributed by atoms with Crippen molar-refractivity contribution < 1.29 is 19.7 Å². The lowest BCUT2D eigenvalue weighted by Gasteiger charge is -2.37. The Balaban J connectivity index is 1.25. The number of aromatic hydroxyl groups is 2. The van der Waals surface area contributed by atoms with Crippen LogP contribution in [0.25, 0.3) is 0 Å². The molecule has 8 heteroatoms. The Bertz CT molecular complexity index is 2830. The Morgan fingerprint density at radius 2 is 0.729 bits per heavy atom. The standard InChI is InChI=1S/C77H112N4O4/c1-13-17-31-57(15-3)51-81(52-58(16-4)32-18-14-2)71-78-72(84-69-61(43-55(7)47-65(69)76(11)37-27-21-28-38-76)49-59-41-53(5)45-63(67(59)82)74(9)33-23-19-24-34-74)80-73(79-71)85-70-62(44-56(8)48-66(70)77(12)39-29-22-30-40-77)50-60-42-54(6)46-64(68(60)83)75(10)35-25-20-26-36-75/h41-48,57-58,82-83H,13-40,49-52H2,1-12H3. The first-order valence-corrected chi connectivity index (χ1v) is 34.6. The van der Waals surface area contributed by atoms with E-state index in [1.54, 1.807) is 0 Å². The predicted molar refractivity (Wildman–Crippen MR) is 354 cm³/mol. The van der Waals surface area contributed by atoms with Gasteiger partial charge in [-0.2, -0.15) is 9.97 Å². The van der Waals surface area contributed by atoms with E-state index >= 15 is 0 Å². The Hall–Kier alpha value is -5.11. The minimum absolute atomic E-state index is 0.0673. The summed E-state index contributed by atoms with van der Waals surface area (Å²) in [6.07, 6.45) is 33.1. The first-order valence-electron chi connectivity index (χ1n) is 34.6. The van der Waals surface area contributed by atoms with Crippen molar-refractivity contribution in [2.75, 3.05) is 18.0 Å². The number of hydrogen-bond acceptors (Lipinski definition) is 8. The number of aryl methyl sites for hydroxylation is 4. The lowest BCUT2D eigenvalue weighted by atomic mass is 9.69. The fourth-order valence-corrected chi connectivity index (χ4v) is 16.2. The molecule has 0 amide bonds. The van der Waals surface area contributed by atoms with Gasteiger partial charge in [-0.3, -0.25) is 0 Å². The molecule has 0 aliphatic heterocycles. The van der Waals surface area contributed by atoms with Crippen molar-refractivity contribution in [3.63, 3.8) is 0 Å². The molecule has 2 atom stereocenters. The van der Waals surface area contributed by atoms with Crippen LogP contribution in [0.5, 0.6) is 35.0 Å². The van der Waals surface area contributed by atoms with Crippen LogP contribution in [-0.4, -0.2) is 38.3 Å². The smallest absolute Gasteiger partial charge is 0.330 e. The van der Waals surface area contributed by atoms with Gasteiger partial charge in [0.1, 0.15) is 23.0 Å². The van der Waals surface area contributed by atoms with Crippen LogP contribution in [0, 0.1) is 39.5 Å². The molecule has 4 aliphatic rings. The number of nitrogens with zero attached hydrogens (tertiary/aromatic N) is 4. The minimum Gasteiger partial charge on any atom is -0.507 e. The largest absolute Gasteiger partial charge is 0.507 e. The highest BCUT2D eigenvalue weighted by Crippen LogP contribution is 2.51. The van der Waals surface area contributed by atoms with Crippen LogP contribution in [-0.2, 0) is 34.5 Å². The number of ether oxygens (including phenoxy) is 2. The van der Waals surface area contributed by atoms with E-state index in [0.717, 1.165) is 174 Å². The predicted octanol–water partition coefficient (Wildman–Crippen LogP) is 21.4. The topological polar surface area (TPSA) is 101 Å². The number of aromatic nitrogens is 3. The van der Waals surface area contributed by atoms with Gasteiger partial charge in [-0.05, 0) is 148 Å². The van der Waals surface area contributed by atoms with E-state index in [2.05, 4.69) is 137 Å². The third kappa shape index (κ3) is 15.2. The number of benzene rings is 4. The van der Waals surface area contributed by atoms with Crippen molar-refractivity contribution in [1.82, 2.24) is 15.0 Å². The van der Waals surface area contributed by atoms with E-state index in [4.69, 9.17) is 24.4 Å². The molecule has 8 nitrogen and oxygen atoms in total. The maximum absolute atomic E-state index is 12.5. The molecule has 0 radical (unpaired) electrons. The number of unbranched alkanes of at least 4 members (excludes halogenated alkanes) is 2. The molecule has 9 rings (SSSR count). The van der Waals surface area contributed by atoms with Gasteiger partial charge in [-0.15, -0.1) is 4.98 Å². The van der Waals surface area contributed by atoms with E-state index in [1.807, 2.05) is 0 Å². The number of rotatable bonds is 25. The van der Waals surface area contributed by atoms with Gasteiger partial charge in [0.2, 0.25) is 5.95 Å². The molecule has 4 fully saturated rings. The van der Waals surface area contributed by atoms with E-state index in [-0.39, 0.29) is 33.7 Å². The van der Waals surface area contributed by atoms with E-state index in [9.17, 15) is 10.2 Å². The summed E-state index contributed by atoms with van der Waals surface area (Å²) in [5.41, 5.74) is 12.8. The van der Waals surface area contributed by atoms with Gasteiger partial charge in [-0.25, -0.2) is 0 Å². The SMILES string of the molecule is CCCCC(CC)CN(CC(CC)CCCC)c1nc(Oc2c(Cc3cc(C)cc(C4(C)CCCCC4)c3O)cc(C)cc2C2(C)CCCCC2)nc(Oc2c(Cc3cc(C)cc(C4(C)CCCCC4)c3O)cc(C)cc2C2(C)CCCCC2)n1. The van der Waals surface area contributed by atoms with Crippen molar-refractivity contribution in [3.8, 4) is 35.0 Å². The van der Waals surface area contributed by atoms with Crippen molar-refractivity contribution in [1.29, 1.82) is 0 Å². The van der Waals surface area contributed by atoms with E-state index in [1.165, 1.54) is 97.6 Å². The molecule has 0 spiro atoms. The number of hydrogen-bond donors (Lipinski definition) is 2. The zero-order valence-electron chi connectivity index (χ0n) is 55.4. The average Bonchev–Trinajstić information content (AvgIpc) is 2.07. The van der Waals surface area contributed by atoms with Gasteiger partial charge in [-0.1, -0.05) is 242 Å². The quantitative estimate of drug-likeness (QED) is 0.0596. The van der Waals surface area contributed by atoms with Crippen LogP contribution >= 0.6 is 0 Å².